The minimum atomic E-state index is -0.404. The predicted octanol–water partition coefficient (Wildman–Crippen LogP) is 1.97. The Balaban J connectivity index is 2.13. The first-order valence-electron chi connectivity index (χ1n) is 5.99. The number of thiazole rings is 1. The summed E-state index contributed by atoms with van der Waals surface area (Å²) in [5, 5.41) is 0.386. The van der Waals surface area contributed by atoms with Crippen molar-refractivity contribution >= 4 is 34.0 Å². The molecule has 0 radical (unpaired) electrons. The lowest BCUT2D eigenvalue weighted by molar-refractivity contribution is 0.0531. The van der Waals surface area contributed by atoms with Crippen LogP contribution in [-0.4, -0.2) is 27.2 Å². The van der Waals surface area contributed by atoms with Gasteiger partial charge in [-0.05, 0) is 6.92 Å². The van der Waals surface area contributed by atoms with Crippen LogP contribution in [0.15, 0.2) is 15.9 Å². The summed E-state index contributed by atoms with van der Waals surface area (Å²) in [6.45, 7) is 4.15. The Kier molecular flexibility index (Phi) is 3.10. The monoisotopic (exact) mass is 296 g/mol. The third-order valence-corrected chi connectivity index (χ3v) is 5.01. The van der Waals surface area contributed by atoms with E-state index >= 15 is 0 Å². The molecule has 1 aliphatic rings. The maximum Gasteiger partial charge on any atom is 0.349 e. The van der Waals surface area contributed by atoms with Crippen molar-refractivity contribution in [3.8, 4) is 0 Å². The smallest absolute Gasteiger partial charge is 0.349 e. The van der Waals surface area contributed by atoms with E-state index in [1.807, 2.05) is 0 Å². The number of esters is 1. The maximum absolute atomic E-state index is 12.3. The van der Waals surface area contributed by atoms with Crippen molar-refractivity contribution in [3.63, 3.8) is 0 Å². The number of ether oxygens (including phenoxy) is 1. The molecule has 3 heterocycles. The van der Waals surface area contributed by atoms with Crippen molar-refractivity contribution in [2.24, 2.45) is 0 Å². The Morgan fingerprint density at radius 1 is 1.63 bits per heavy atom. The number of aromatic nitrogens is 2. The van der Waals surface area contributed by atoms with Gasteiger partial charge in [0.05, 0.1) is 17.2 Å². The number of hydrogen-bond donors (Lipinski definition) is 0. The molecular formula is C12H12N2O3S2. The first-order valence-corrected chi connectivity index (χ1v) is 7.68. The summed E-state index contributed by atoms with van der Waals surface area (Å²) in [5.41, 5.74) is 0.765. The van der Waals surface area contributed by atoms with Gasteiger partial charge in [-0.25, -0.2) is 9.78 Å². The number of thioether (sulfide) groups is 1. The van der Waals surface area contributed by atoms with E-state index in [0.717, 1.165) is 12.1 Å². The fourth-order valence-corrected chi connectivity index (χ4v) is 4.03. The van der Waals surface area contributed by atoms with Crippen LogP contribution in [0.3, 0.4) is 0 Å². The molecule has 2 aromatic heterocycles. The predicted molar refractivity (Wildman–Crippen MR) is 74.3 cm³/mol. The van der Waals surface area contributed by atoms with E-state index in [-0.39, 0.29) is 5.56 Å². The Labute approximate surface area is 117 Å². The zero-order valence-electron chi connectivity index (χ0n) is 10.5. The lowest BCUT2D eigenvalue weighted by Crippen LogP contribution is -2.15. The van der Waals surface area contributed by atoms with Crippen molar-refractivity contribution < 1.29 is 9.53 Å². The summed E-state index contributed by atoms with van der Waals surface area (Å²) < 4.78 is 6.38. The van der Waals surface area contributed by atoms with Gasteiger partial charge in [-0.3, -0.25) is 9.20 Å². The van der Waals surface area contributed by atoms with E-state index in [0.29, 0.717) is 26.6 Å². The molecule has 19 heavy (non-hydrogen) atoms. The third-order valence-electron chi connectivity index (χ3n) is 2.84. The number of carbonyl (C=O) groups is 1. The molecule has 0 N–H and O–H groups in total. The van der Waals surface area contributed by atoms with Crippen LogP contribution in [-0.2, 0) is 11.2 Å². The molecule has 0 aromatic carbocycles. The Morgan fingerprint density at radius 3 is 3.16 bits per heavy atom. The summed E-state index contributed by atoms with van der Waals surface area (Å²) in [6.07, 6.45) is 2.33. The van der Waals surface area contributed by atoms with Crippen molar-refractivity contribution in [2.45, 2.75) is 30.4 Å². The number of rotatable bonds is 2. The van der Waals surface area contributed by atoms with E-state index in [4.69, 9.17) is 4.74 Å². The highest BCUT2D eigenvalue weighted by molar-refractivity contribution is 8.00. The molecular weight excluding hydrogens is 284 g/mol. The van der Waals surface area contributed by atoms with E-state index < -0.39 is 5.97 Å². The highest BCUT2D eigenvalue weighted by Gasteiger charge is 2.25. The molecule has 0 amide bonds. The second-order valence-corrected chi connectivity index (χ2v) is 6.75. The highest BCUT2D eigenvalue weighted by Crippen LogP contribution is 2.33. The summed E-state index contributed by atoms with van der Waals surface area (Å²) in [6, 6.07) is 0. The Bertz CT molecular complexity index is 720. The molecule has 1 aliphatic heterocycles. The summed E-state index contributed by atoms with van der Waals surface area (Å²) >= 11 is 2.75. The van der Waals surface area contributed by atoms with Crippen LogP contribution in [0.5, 0.6) is 0 Å². The van der Waals surface area contributed by atoms with E-state index in [2.05, 4.69) is 11.9 Å². The molecule has 1 atom stereocenters. The molecule has 0 bridgehead atoms. The molecule has 7 heteroatoms. The van der Waals surface area contributed by atoms with Crippen LogP contribution < -0.4 is 5.56 Å². The largest absolute Gasteiger partial charge is 0.462 e. The molecule has 3 rings (SSSR count). The standard InChI is InChI=1S/C12H12N2O3S2/c1-3-17-11(16)8-5-14-10(15)9-7(4-6(2)18-9)13-12(14)19-8/h5-6H,3-4H2,1-2H3. The van der Waals surface area contributed by atoms with Gasteiger partial charge in [0.25, 0.3) is 5.56 Å². The van der Waals surface area contributed by atoms with Gasteiger partial charge < -0.3 is 4.74 Å². The van der Waals surface area contributed by atoms with E-state index in [1.165, 1.54) is 21.9 Å². The SMILES string of the molecule is CCOC(=O)c1cn2c(=O)c3c(nc2s1)CC(C)S3. The zero-order chi connectivity index (χ0) is 13.6. The van der Waals surface area contributed by atoms with Gasteiger partial charge in [-0.1, -0.05) is 18.3 Å². The van der Waals surface area contributed by atoms with Gasteiger partial charge >= 0.3 is 5.97 Å². The molecule has 0 spiro atoms. The third kappa shape index (κ3) is 2.06. The molecule has 0 aliphatic carbocycles. The Morgan fingerprint density at radius 2 is 2.42 bits per heavy atom. The second kappa shape index (κ2) is 4.64. The molecule has 0 saturated heterocycles. The van der Waals surface area contributed by atoms with Gasteiger partial charge in [0.1, 0.15) is 4.88 Å². The van der Waals surface area contributed by atoms with E-state index in [9.17, 15) is 9.59 Å². The summed E-state index contributed by atoms with van der Waals surface area (Å²) in [4.78, 5) is 30.1. The maximum atomic E-state index is 12.3. The minimum Gasteiger partial charge on any atom is -0.462 e. The molecule has 5 nitrogen and oxygen atoms in total. The number of fused-ring (bicyclic) bond motifs is 2. The molecule has 1 unspecified atom stereocenters. The molecule has 0 saturated carbocycles. The van der Waals surface area contributed by atoms with Crippen molar-refractivity contribution in [2.75, 3.05) is 6.61 Å². The van der Waals surface area contributed by atoms with Gasteiger partial charge in [0.2, 0.25) is 0 Å². The fraction of sp³-hybridized carbons (Fsp3) is 0.417. The van der Waals surface area contributed by atoms with Crippen LogP contribution in [0.1, 0.15) is 29.2 Å². The normalized spacial score (nSPS) is 17.7. The lowest BCUT2D eigenvalue weighted by atomic mass is 10.2. The topological polar surface area (TPSA) is 60.7 Å². The number of hydrogen-bond acceptors (Lipinski definition) is 6. The van der Waals surface area contributed by atoms with Crippen LogP contribution >= 0.6 is 23.1 Å². The van der Waals surface area contributed by atoms with Crippen LogP contribution in [0.4, 0.5) is 0 Å². The minimum absolute atomic E-state index is 0.0823. The number of nitrogens with zero attached hydrogens (tertiary/aromatic N) is 2. The quantitative estimate of drug-likeness (QED) is 0.793. The van der Waals surface area contributed by atoms with Gasteiger partial charge in [0.15, 0.2) is 4.96 Å². The average molecular weight is 296 g/mol. The van der Waals surface area contributed by atoms with Crippen LogP contribution in [0.2, 0.25) is 0 Å². The molecule has 0 fully saturated rings. The van der Waals surface area contributed by atoms with Crippen molar-refractivity contribution in [3.05, 3.63) is 27.1 Å². The summed E-state index contributed by atoms with van der Waals surface area (Å²) in [5.74, 6) is -0.404. The molecule has 2 aromatic rings. The fourth-order valence-electron chi connectivity index (χ4n) is 2.04. The lowest BCUT2D eigenvalue weighted by Gasteiger charge is -1.96. The average Bonchev–Trinajstić information content (AvgIpc) is 2.93. The summed E-state index contributed by atoms with van der Waals surface area (Å²) in [7, 11) is 0. The van der Waals surface area contributed by atoms with E-state index in [1.54, 1.807) is 18.7 Å². The number of carbonyl (C=O) groups excluding carboxylic acids is 1. The Hall–Kier alpha value is -1.34. The van der Waals surface area contributed by atoms with Crippen LogP contribution in [0, 0.1) is 0 Å². The highest BCUT2D eigenvalue weighted by atomic mass is 32.2. The first-order chi connectivity index (χ1) is 9.10. The zero-order valence-corrected chi connectivity index (χ0v) is 12.1. The second-order valence-electron chi connectivity index (χ2n) is 4.29. The first kappa shape index (κ1) is 12.7. The van der Waals surface area contributed by atoms with Crippen molar-refractivity contribution in [1.29, 1.82) is 0 Å². The van der Waals surface area contributed by atoms with Gasteiger partial charge in [0, 0.05) is 17.9 Å². The van der Waals surface area contributed by atoms with Crippen molar-refractivity contribution in [1.82, 2.24) is 9.38 Å². The molecule has 100 valence electrons. The van der Waals surface area contributed by atoms with Gasteiger partial charge in [-0.2, -0.15) is 0 Å². The van der Waals surface area contributed by atoms with Crippen LogP contribution in [0.25, 0.3) is 4.96 Å². The van der Waals surface area contributed by atoms with Gasteiger partial charge in [-0.15, -0.1) is 11.8 Å².